The van der Waals surface area contributed by atoms with Crippen LogP contribution in [0.3, 0.4) is 0 Å². The molecule has 2 rings (SSSR count). The molecule has 1 aromatic rings. The highest BCUT2D eigenvalue weighted by Crippen LogP contribution is 2.32. The summed E-state index contributed by atoms with van der Waals surface area (Å²) in [7, 11) is 1.34. The van der Waals surface area contributed by atoms with Crippen LogP contribution in [-0.2, 0) is 14.3 Å². The lowest BCUT2D eigenvalue weighted by Crippen LogP contribution is -2.29. The van der Waals surface area contributed by atoms with Crippen molar-refractivity contribution in [3.63, 3.8) is 0 Å². The van der Waals surface area contributed by atoms with Crippen LogP contribution in [0.2, 0.25) is 0 Å². The van der Waals surface area contributed by atoms with Crippen molar-refractivity contribution in [3.8, 4) is 0 Å². The zero-order chi connectivity index (χ0) is 21.9. The van der Waals surface area contributed by atoms with Crippen molar-refractivity contribution in [2.75, 3.05) is 20.2 Å². The number of ether oxygens (including phenoxy) is 1. The van der Waals surface area contributed by atoms with Crippen molar-refractivity contribution < 1.29 is 19.1 Å². The Hall–Kier alpha value is -2.19. The van der Waals surface area contributed by atoms with Crippen LogP contribution < -0.4 is 5.32 Å². The van der Waals surface area contributed by atoms with Crippen LogP contribution >= 0.6 is 24.0 Å². The van der Waals surface area contributed by atoms with Gasteiger partial charge < -0.3 is 10.1 Å². The summed E-state index contributed by atoms with van der Waals surface area (Å²) in [5.74, 6) is -0.402. The largest absolute Gasteiger partial charge is 0.465 e. The number of esters is 1. The molecule has 0 atom stereocenters. The van der Waals surface area contributed by atoms with E-state index in [1.54, 1.807) is 35.2 Å². The molecule has 0 bridgehead atoms. The predicted molar refractivity (Wildman–Crippen MR) is 124 cm³/mol. The maximum atomic E-state index is 12.7. The summed E-state index contributed by atoms with van der Waals surface area (Å²) in [4.78, 5) is 38.1. The third-order valence-corrected chi connectivity index (χ3v) is 6.02. The fourth-order valence-corrected chi connectivity index (χ4v) is 4.21. The monoisotopic (exact) mass is 448 g/mol. The second-order valence-corrected chi connectivity index (χ2v) is 8.64. The first kappa shape index (κ1) is 24.1. The minimum atomic E-state index is -0.397. The number of nitrogens with one attached hydrogen (secondary N) is 1. The van der Waals surface area contributed by atoms with Crippen molar-refractivity contribution in [1.82, 2.24) is 10.2 Å². The van der Waals surface area contributed by atoms with Gasteiger partial charge in [0.1, 0.15) is 4.32 Å². The molecule has 0 radical (unpaired) electrons. The smallest absolute Gasteiger partial charge is 0.337 e. The highest BCUT2D eigenvalue weighted by atomic mass is 32.2. The predicted octanol–water partition coefficient (Wildman–Crippen LogP) is 4.15. The van der Waals surface area contributed by atoms with Crippen LogP contribution in [0.25, 0.3) is 6.08 Å². The number of carbonyl (C=O) groups excluding carboxylic acids is 3. The van der Waals surface area contributed by atoms with Crippen LogP contribution in [0.5, 0.6) is 0 Å². The van der Waals surface area contributed by atoms with Gasteiger partial charge in [-0.15, -0.1) is 0 Å². The zero-order valence-electron chi connectivity index (χ0n) is 17.4. The van der Waals surface area contributed by atoms with E-state index >= 15 is 0 Å². The lowest BCUT2D eigenvalue weighted by Gasteiger charge is -2.14. The molecule has 8 heteroatoms. The van der Waals surface area contributed by atoms with Gasteiger partial charge in [0, 0.05) is 19.5 Å². The van der Waals surface area contributed by atoms with Gasteiger partial charge in [-0.05, 0) is 43.0 Å². The number of hydrogen-bond donors (Lipinski definition) is 1. The molecule has 1 saturated heterocycles. The molecule has 0 spiro atoms. The van der Waals surface area contributed by atoms with Gasteiger partial charge in [-0.2, -0.15) is 0 Å². The number of carbonyl (C=O) groups is 3. The zero-order valence-corrected chi connectivity index (χ0v) is 19.1. The summed E-state index contributed by atoms with van der Waals surface area (Å²) in [6, 6.07) is 6.86. The Morgan fingerprint density at radius 1 is 1.17 bits per heavy atom. The first-order valence-electron chi connectivity index (χ1n) is 10.2. The molecule has 1 heterocycles. The van der Waals surface area contributed by atoms with Gasteiger partial charge in [0.15, 0.2) is 0 Å². The molecular formula is C22H28N2O4S2. The van der Waals surface area contributed by atoms with E-state index in [2.05, 4.69) is 17.0 Å². The molecule has 0 aromatic heterocycles. The van der Waals surface area contributed by atoms with E-state index in [1.807, 2.05) is 0 Å². The molecule has 162 valence electrons. The molecule has 1 fully saturated rings. The first-order chi connectivity index (χ1) is 14.5. The fraction of sp³-hybridized carbons (Fsp3) is 0.455. The van der Waals surface area contributed by atoms with Crippen LogP contribution in [0.4, 0.5) is 0 Å². The molecule has 1 aliphatic heterocycles. The van der Waals surface area contributed by atoms with E-state index in [0.29, 0.717) is 27.8 Å². The van der Waals surface area contributed by atoms with Crippen molar-refractivity contribution >= 4 is 52.2 Å². The first-order valence-corrected chi connectivity index (χ1v) is 11.4. The molecule has 1 N–H and O–H groups in total. The molecule has 1 aliphatic rings. The van der Waals surface area contributed by atoms with E-state index < -0.39 is 5.97 Å². The number of hydrogen-bond acceptors (Lipinski definition) is 6. The van der Waals surface area contributed by atoms with Crippen LogP contribution in [0, 0.1) is 0 Å². The Balaban J connectivity index is 1.79. The molecule has 2 amide bonds. The number of thiocarbonyl (C=S) groups is 1. The number of unbranched alkanes of at least 4 members (excludes halogenated alkanes) is 3. The average Bonchev–Trinajstić information content (AvgIpc) is 3.00. The molecule has 0 saturated carbocycles. The van der Waals surface area contributed by atoms with E-state index in [4.69, 9.17) is 12.2 Å². The van der Waals surface area contributed by atoms with Gasteiger partial charge in [0.05, 0.1) is 17.6 Å². The van der Waals surface area contributed by atoms with Crippen molar-refractivity contribution in [1.29, 1.82) is 0 Å². The van der Waals surface area contributed by atoms with E-state index in [1.165, 1.54) is 18.9 Å². The molecule has 0 unspecified atom stereocenters. The van der Waals surface area contributed by atoms with Gasteiger partial charge in [-0.1, -0.05) is 55.9 Å². The fourth-order valence-electron chi connectivity index (χ4n) is 2.90. The summed E-state index contributed by atoms with van der Waals surface area (Å²) in [5.41, 5.74) is 1.28. The lowest BCUT2D eigenvalue weighted by atomic mass is 10.1. The summed E-state index contributed by atoms with van der Waals surface area (Å²) >= 11 is 6.65. The maximum Gasteiger partial charge on any atom is 0.337 e. The third-order valence-electron chi connectivity index (χ3n) is 4.64. The Labute approximate surface area is 187 Å². The lowest BCUT2D eigenvalue weighted by molar-refractivity contribution is -0.122. The molecule has 0 aliphatic carbocycles. The molecule has 30 heavy (non-hydrogen) atoms. The Bertz CT molecular complexity index is 806. The van der Waals surface area contributed by atoms with Crippen molar-refractivity contribution in [2.24, 2.45) is 0 Å². The average molecular weight is 449 g/mol. The minimum absolute atomic E-state index is 0.0928. The maximum absolute atomic E-state index is 12.7. The van der Waals surface area contributed by atoms with E-state index in [0.717, 1.165) is 44.2 Å². The number of benzene rings is 1. The topological polar surface area (TPSA) is 75.7 Å². The Morgan fingerprint density at radius 2 is 1.90 bits per heavy atom. The Kier molecular flexibility index (Phi) is 10.0. The van der Waals surface area contributed by atoms with Crippen molar-refractivity contribution in [3.05, 3.63) is 40.3 Å². The summed E-state index contributed by atoms with van der Waals surface area (Å²) in [6.45, 7) is 3.39. The molecule has 1 aromatic carbocycles. The van der Waals surface area contributed by atoms with Gasteiger partial charge in [-0.3, -0.25) is 14.5 Å². The standard InChI is InChI=1S/C22H28N2O4S2/c1-3-4-13-23-19(25)8-6-5-7-14-24-20(26)18(30-22(24)29)15-16-9-11-17(12-10-16)21(27)28-2/h9-12,15H,3-8,13-14H2,1-2H3,(H,23,25). The van der Waals surface area contributed by atoms with Gasteiger partial charge >= 0.3 is 5.97 Å². The quantitative estimate of drug-likeness (QED) is 0.237. The summed E-state index contributed by atoms with van der Waals surface area (Å²) in [5, 5.41) is 2.91. The van der Waals surface area contributed by atoms with Gasteiger partial charge in [0.2, 0.25) is 5.91 Å². The van der Waals surface area contributed by atoms with Crippen LogP contribution in [-0.4, -0.2) is 47.2 Å². The minimum Gasteiger partial charge on any atom is -0.465 e. The summed E-state index contributed by atoms with van der Waals surface area (Å²) < 4.78 is 5.24. The number of thioether (sulfide) groups is 1. The SMILES string of the molecule is CCCCNC(=O)CCCCCN1C(=O)C(=Cc2ccc(C(=O)OC)cc2)SC1=S. The van der Waals surface area contributed by atoms with E-state index in [-0.39, 0.29) is 11.8 Å². The van der Waals surface area contributed by atoms with Crippen molar-refractivity contribution in [2.45, 2.75) is 45.4 Å². The van der Waals surface area contributed by atoms with E-state index in [9.17, 15) is 14.4 Å². The number of rotatable bonds is 11. The van der Waals surface area contributed by atoms with Gasteiger partial charge in [0.25, 0.3) is 5.91 Å². The molecular weight excluding hydrogens is 420 g/mol. The van der Waals surface area contributed by atoms with Gasteiger partial charge in [-0.25, -0.2) is 4.79 Å². The second-order valence-electron chi connectivity index (χ2n) is 6.96. The Morgan fingerprint density at radius 3 is 2.57 bits per heavy atom. The highest BCUT2D eigenvalue weighted by Gasteiger charge is 2.31. The number of amides is 2. The third kappa shape index (κ3) is 7.25. The summed E-state index contributed by atoms with van der Waals surface area (Å²) in [6.07, 6.45) is 6.84. The number of methoxy groups -OCH3 is 1. The second kappa shape index (κ2) is 12.5. The van der Waals surface area contributed by atoms with Crippen LogP contribution in [0.1, 0.15) is 61.4 Å². The normalized spacial score (nSPS) is 15.0. The number of nitrogens with zero attached hydrogens (tertiary/aromatic N) is 1. The highest BCUT2D eigenvalue weighted by molar-refractivity contribution is 8.26. The van der Waals surface area contributed by atoms with Crippen LogP contribution in [0.15, 0.2) is 29.2 Å². The molecule has 6 nitrogen and oxygen atoms in total.